The first kappa shape index (κ1) is 24.3. The maximum atomic E-state index is 13.0. The van der Waals surface area contributed by atoms with Gasteiger partial charge in [-0.2, -0.15) is 0 Å². The topological polar surface area (TPSA) is 102 Å². The summed E-state index contributed by atoms with van der Waals surface area (Å²) < 4.78 is 33.6. The van der Waals surface area contributed by atoms with Crippen molar-refractivity contribution < 1.29 is 22.7 Å². The summed E-state index contributed by atoms with van der Waals surface area (Å²) in [5, 5.41) is 3.16. The SMILES string of the molecule is CCOC(=O)c1c(NC(=O)c2ccc(Cl)c(S(=O)(=O)Nc3ccc(C)cc3)c2)sc2c1CCC2. The zero-order valence-corrected chi connectivity index (χ0v) is 21.0. The number of hydrogen-bond donors (Lipinski definition) is 2. The molecule has 7 nitrogen and oxygen atoms in total. The van der Waals surface area contributed by atoms with E-state index < -0.39 is 21.9 Å². The van der Waals surface area contributed by atoms with Crippen LogP contribution < -0.4 is 10.0 Å². The summed E-state index contributed by atoms with van der Waals surface area (Å²) in [6.45, 7) is 3.85. The van der Waals surface area contributed by atoms with E-state index in [1.54, 1.807) is 31.2 Å². The second-order valence-electron chi connectivity index (χ2n) is 7.85. The zero-order valence-electron chi connectivity index (χ0n) is 18.6. The van der Waals surface area contributed by atoms with Gasteiger partial charge in [-0.3, -0.25) is 9.52 Å². The Balaban J connectivity index is 1.62. The number of nitrogens with one attached hydrogen (secondary N) is 2. The average Bonchev–Trinajstić information content (AvgIpc) is 3.36. The van der Waals surface area contributed by atoms with Gasteiger partial charge in [-0.05, 0) is 69.0 Å². The largest absolute Gasteiger partial charge is 0.462 e. The number of sulfonamides is 1. The summed E-state index contributed by atoms with van der Waals surface area (Å²) in [7, 11) is -4.05. The van der Waals surface area contributed by atoms with Gasteiger partial charge >= 0.3 is 5.97 Å². The van der Waals surface area contributed by atoms with Crippen LogP contribution in [0.1, 0.15) is 50.1 Å². The predicted molar refractivity (Wildman–Crippen MR) is 134 cm³/mol. The first-order valence-electron chi connectivity index (χ1n) is 10.7. The molecule has 1 amide bonds. The second kappa shape index (κ2) is 9.77. The van der Waals surface area contributed by atoms with Crippen LogP contribution >= 0.6 is 22.9 Å². The van der Waals surface area contributed by atoms with Crippen molar-refractivity contribution in [3.8, 4) is 0 Å². The highest BCUT2D eigenvalue weighted by molar-refractivity contribution is 7.92. The van der Waals surface area contributed by atoms with Gasteiger partial charge in [-0.25, -0.2) is 13.2 Å². The Morgan fingerprint density at radius 3 is 2.56 bits per heavy atom. The molecule has 34 heavy (non-hydrogen) atoms. The number of benzene rings is 2. The summed E-state index contributed by atoms with van der Waals surface area (Å²) in [4.78, 5) is 26.4. The van der Waals surface area contributed by atoms with Crippen LogP contribution in [0.3, 0.4) is 0 Å². The highest BCUT2D eigenvalue weighted by Crippen LogP contribution is 2.40. The Bertz CT molecular complexity index is 1360. The Morgan fingerprint density at radius 1 is 1.12 bits per heavy atom. The van der Waals surface area contributed by atoms with Gasteiger partial charge in [0.15, 0.2) is 0 Å². The molecule has 178 valence electrons. The van der Waals surface area contributed by atoms with Crippen LogP contribution in [0.2, 0.25) is 5.02 Å². The standard InChI is InChI=1S/C24H23ClN2O5S2/c1-3-32-24(29)21-17-5-4-6-19(17)33-23(21)26-22(28)15-9-12-18(25)20(13-15)34(30,31)27-16-10-7-14(2)8-11-16/h7-13,27H,3-6H2,1-2H3,(H,26,28). The fourth-order valence-electron chi connectivity index (χ4n) is 3.77. The lowest BCUT2D eigenvalue weighted by molar-refractivity contribution is 0.0527. The van der Waals surface area contributed by atoms with Crippen molar-refractivity contribution in [1.29, 1.82) is 0 Å². The Labute approximate surface area is 207 Å². The lowest BCUT2D eigenvalue weighted by Gasteiger charge is -2.12. The molecule has 2 N–H and O–H groups in total. The number of carbonyl (C=O) groups is 2. The summed E-state index contributed by atoms with van der Waals surface area (Å²) in [6.07, 6.45) is 2.55. The molecule has 0 fully saturated rings. The first-order chi connectivity index (χ1) is 16.2. The van der Waals surface area contributed by atoms with Gasteiger partial charge in [0.25, 0.3) is 15.9 Å². The molecule has 0 atom stereocenters. The summed E-state index contributed by atoms with van der Waals surface area (Å²) >= 11 is 7.53. The molecular weight excluding hydrogens is 496 g/mol. The van der Waals surface area contributed by atoms with Gasteiger partial charge < -0.3 is 10.1 Å². The van der Waals surface area contributed by atoms with Gasteiger partial charge in [0, 0.05) is 16.1 Å². The minimum absolute atomic E-state index is 0.0153. The number of fused-ring (bicyclic) bond motifs is 1. The van der Waals surface area contributed by atoms with Crippen LogP contribution in [0, 0.1) is 6.92 Å². The van der Waals surface area contributed by atoms with Gasteiger partial charge in [0.05, 0.1) is 17.2 Å². The molecule has 1 aliphatic rings. The Kier molecular flexibility index (Phi) is 6.97. The van der Waals surface area contributed by atoms with Gasteiger partial charge in [0.1, 0.15) is 9.90 Å². The number of esters is 1. The van der Waals surface area contributed by atoms with E-state index in [9.17, 15) is 18.0 Å². The average molecular weight is 519 g/mol. The summed E-state index contributed by atoms with van der Waals surface area (Å²) in [6, 6.07) is 10.9. The summed E-state index contributed by atoms with van der Waals surface area (Å²) in [5.41, 5.74) is 2.76. The number of hydrogen-bond acceptors (Lipinski definition) is 6. The third-order valence-electron chi connectivity index (χ3n) is 5.41. The molecule has 1 heterocycles. The highest BCUT2D eigenvalue weighted by atomic mass is 35.5. The van der Waals surface area contributed by atoms with Crippen molar-refractivity contribution in [2.75, 3.05) is 16.6 Å². The number of ether oxygens (including phenoxy) is 1. The number of amides is 1. The van der Waals surface area contributed by atoms with E-state index in [0.29, 0.717) is 16.3 Å². The van der Waals surface area contributed by atoms with Crippen LogP contribution in [-0.4, -0.2) is 26.9 Å². The number of carbonyl (C=O) groups excluding carboxylic acids is 2. The van der Waals surface area contributed by atoms with Crippen LogP contribution in [0.4, 0.5) is 10.7 Å². The fraction of sp³-hybridized carbons (Fsp3) is 0.250. The van der Waals surface area contributed by atoms with E-state index in [1.165, 1.54) is 29.5 Å². The molecule has 0 saturated heterocycles. The maximum Gasteiger partial charge on any atom is 0.341 e. The molecule has 2 aromatic carbocycles. The molecule has 3 aromatic rings. The minimum Gasteiger partial charge on any atom is -0.462 e. The molecule has 0 unspecified atom stereocenters. The monoisotopic (exact) mass is 518 g/mol. The zero-order chi connectivity index (χ0) is 24.5. The van der Waals surface area contributed by atoms with E-state index in [-0.39, 0.29) is 22.1 Å². The van der Waals surface area contributed by atoms with Gasteiger partial charge in [-0.15, -0.1) is 11.3 Å². The third-order valence-corrected chi connectivity index (χ3v) is 8.48. The number of aryl methyl sites for hydroxylation is 2. The van der Waals surface area contributed by atoms with Crippen molar-refractivity contribution in [3.63, 3.8) is 0 Å². The van der Waals surface area contributed by atoms with Gasteiger partial charge in [0.2, 0.25) is 0 Å². The molecule has 0 saturated carbocycles. The number of rotatable bonds is 7. The molecular formula is C24H23ClN2O5S2. The predicted octanol–water partition coefficient (Wildman–Crippen LogP) is 5.43. The molecule has 1 aliphatic carbocycles. The maximum absolute atomic E-state index is 13.0. The van der Waals surface area contributed by atoms with Crippen molar-refractivity contribution in [3.05, 3.63) is 74.6 Å². The Hall–Kier alpha value is -2.88. The minimum atomic E-state index is -4.05. The molecule has 1 aromatic heterocycles. The van der Waals surface area contributed by atoms with Gasteiger partial charge in [-0.1, -0.05) is 29.3 Å². The van der Waals surface area contributed by atoms with E-state index in [0.717, 1.165) is 35.3 Å². The van der Waals surface area contributed by atoms with Crippen molar-refractivity contribution in [2.24, 2.45) is 0 Å². The quantitative estimate of drug-likeness (QED) is 0.406. The van der Waals surface area contributed by atoms with Crippen molar-refractivity contribution in [2.45, 2.75) is 38.0 Å². The highest BCUT2D eigenvalue weighted by Gasteiger charge is 2.29. The second-order valence-corrected chi connectivity index (χ2v) is 11.0. The molecule has 0 spiro atoms. The molecule has 10 heteroatoms. The number of thiophene rings is 1. The normalized spacial score (nSPS) is 12.8. The first-order valence-corrected chi connectivity index (χ1v) is 13.4. The molecule has 0 aliphatic heterocycles. The van der Waals surface area contributed by atoms with Crippen LogP contribution in [0.15, 0.2) is 47.4 Å². The van der Waals surface area contributed by atoms with E-state index in [2.05, 4.69) is 10.0 Å². The van der Waals surface area contributed by atoms with Crippen LogP contribution in [0.25, 0.3) is 0 Å². The molecule has 0 radical (unpaired) electrons. The van der Waals surface area contributed by atoms with Crippen molar-refractivity contribution >= 4 is 55.5 Å². The Morgan fingerprint density at radius 2 is 1.85 bits per heavy atom. The van der Waals surface area contributed by atoms with Crippen LogP contribution in [0.5, 0.6) is 0 Å². The van der Waals surface area contributed by atoms with Crippen molar-refractivity contribution in [1.82, 2.24) is 0 Å². The smallest absolute Gasteiger partial charge is 0.341 e. The van der Waals surface area contributed by atoms with E-state index in [4.69, 9.17) is 16.3 Å². The lowest BCUT2D eigenvalue weighted by Crippen LogP contribution is -2.17. The summed E-state index contributed by atoms with van der Waals surface area (Å²) in [5.74, 6) is -1.02. The fourth-order valence-corrected chi connectivity index (χ4v) is 6.63. The van der Waals surface area contributed by atoms with Crippen LogP contribution in [-0.2, 0) is 27.6 Å². The number of anilines is 2. The third kappa shape index (κ3) is 4.96. The molecule has 4 rings (SSSR count). The van der Waals surface area contributed by atoms with E-state index >= 15 is 0 Å². The lowest BCUT2D eigenvalue weighted by atomic mass is 10.1. The number of halogens is 1. The van der Waals surface area contributed by atoms with E-state index in [1.807, 2.05) is 6.92 Å². The molecule has 0 bridgehead atoms.